The van der Waals surface area contributed by atoms with Gasteiger partial charge >= 0.3 is 0 Å². The van der Waals surface area contributed by atoms with Crippen molar-refractivity contribution in [1.82, 2.24) is 18.8 Å². The van der Waals surface area contributed by atoms with Gasteiger partial charge in [0, 0.05) is 52.3 Å². The van der Waals surface area contributed by atoms with E-state index in [1.807, 2.05) is 39.4 Å². The number of benzene rings is 1. The fraction of sp³-hybridized carbons (Fsp3) is 0. The molecule has 0 aliphatic rings. The molecule has 0 aliphatic carbocycles. The molecule has 0 radical (unpaired) electrons. The lowest BCUT2D eigenvalue weighted by Crippen LogP contribution is -1.90. The summed E-state index contributed by atoms with van der Waals surface area (Å²) in [5, 5.41) is 12.1. The average molecular weight is 552 g/mol. The van der Waals surface area contributed by atoms with Crippen molar-refractivity contribution in [2.24, 2.45) is 0 Å². The Balaban J connectivity index is 0.000000168. The Labute approximate surface area is 194 Å². The second-order valence-corrected chi connectivity index (χ2v) is 8.16. The molecule has 0 aliphatic heterocycles. The molecule has 0 unspecified atom stereocenters. The number of imidazole rings is 2. The van der Waals surface area contributed by atoms with E-state index in [-0.39, 0.29) is 5.69 Å². The molecule has 0 amide bonds. The first-order chi connectivity index (χ1) is 14.4. The normalized spacial score (nSPS) is 10.8. The minimum atomic E-state index is -0.413. The zero-order valence-corrected chi connectivity index (χ0v) is 18.8. The van der Waals surface area contributed by atoms with Gasteiger partial charge in [-0.3, -0.25) is 18.9 Å². The lowest BCUT2D eigenvalue weighted by Gasteiger charge is -2.02. The highest BCUT2D eigenvalue weighted by Crippen LogP contribution is 2.25. The standard InChI is InChI=1S/C13H8ClN3O2.C7H4ClIN2/c14-10-4-5-16-12(8-15-13(16)7-10)9-2-1-3-11(6-9)17(18)19;8-5-1-2-11-6(9)4-10-7(11)3-5/h1-8H;1-4H. The predicted molar refractivity (Wildman–Crippen MR) is 125 cm³/mol. The van der Waals surface area contributed by atoms with Crippen LogP contribution in [0.15, 0.2) is 73.3 Å². The van der Waals surface area contributed by atoms with E-state index in [1.54, 1.807) is 30.6 Å². The van der Waals surface area contributed by atoms with Crippen LogP contribution >= 0.6 is 45.8 Å². The molecule has 4 heterocycles. The van der Waals surface area contributed by atoms with Gasteiger partial charge in [-0.2, -0.15) is 0 Å². The van der Waals surface area contributed by atoms with Gasteiger partial charge in [0.1, 0.15) is 15.0 Å². The molecule has 0 spiro atoms. The Morgan fingerprint density at radius 3 is 2.23 bits per heavy atom. The van der Waals surface area contributed by atoms with Crippen molar-refractivity contribution in [3.8, 4) is 11.3 Å². The molecule has 0 saturated heterocycles. The second kappa shape index (κ2) is 8.58. The van der Waals surface area contributed by atoms with Gasteiger partial charge in [0.15, 0.2) is 0 Å². The van der Waals surface area contributed by atoms with E-state index < -0.39 is 4.92 Å². The monoisotopic (exact) mass is 551 g/mol. The molecule has 0 bridgehead atoms. The fourth-order valence-electron chi connectivity index (χ4n) is 2.87. The van der Waals surface area contributed by atoms with E-state index in [2.05, 4.69) is 32.6 Å². The molecule has 7 nitrogen and oxygen atoms in total. The number of fused-ring (bicyclic) bond motifs is 2. The first-order valence-electron chi connectivity index (χ1n) is 8.58. The molecule has 1 aromatic carbocycles. The number of nitrogens with zero attached hydrogens (tertiary/aromatic N) is 5. The van der Waals surface area contributed by atoms with Gasteiger partial charge in [-0.15, -0.1) is 0 Å². The van der Waals surface area contributed by atoms with Crippen LogP contribution in [-0.2, 0) is 0 Å². The maximum absolute atomic E-state index is 10.8. The summed E-state index contributed by atoms with van der Waals surface area (Å²) in [5.74, 6) is 0. The summed E-state index contributed by atoms with van der Waals surface area (Å²) in [5.41, 5.74) is 3.18. The quantitative estimate of drug-likeness (QED) is 0.150. The first kappa shape index (κ1) is 20.6. The van der Waals surface area contributed by atoms with Gasteiger partial charge < -0.3 is 0 Å². The third-order valence-electron chi connectivity index (χ3n) is 4.26. The molecule has 0 fully saturated rings. The summed E-state index contributed by atoms with van der Waals surface area (Å²) in [4.78, 5) is 18.8. The average Bonchev–Trinajstić information content (AvgIpc) is 3.31. The highest BCUT2D eigenvalue weighted by atomic mass is 127. The number of nitro benzene ring substituents is 1. The lowest BCUT2D eigenvalue weighted by molar-refractivity contribution is -0.384. The fourth-order valence-corrected chi connectivity index (χ4v) is 3.73. The molecule has 0 saturated carbocycles. The summed E-state index contributed by atoms with van der Waals surface area (Å²) in [6, 6.07) is 13.6. The van der Waals surface area contributed by atoms with Crippen LogP contribution in [0.2, 0.25) is 10.0 Å². The van der Waals surface area contributed by atoms with Crippen molar-refractivity contribution in [2.45, 2.75) is 0 Å². The number of hydrogen-bond donors (Lipinski definition) is 0. The van der Waals surface area contributed by atoms with Crippen molar-refractivity contribution >= 4 is 62.8 Å². The molecule has 5 aromatic rings. The van der Waals surface area contributed by atoms with Gasteiger partial charge in [0.05, 0.1) is 23.0 Å². The lowest BCUT2D eigenvalue weighted by atomic mass is 10.1. The predicted octanol–water partition coefficient (Wildman–Crippen LogP) is 6.16. The zero-order valence-electron chi connectivity index (χ0n) is 15.1. The Morgan fingerprint density at radius 1 is 0.900 bits per heavy atom. The van der Waals surface area contributed by atoms with Crippen LogP contribution in [0.5, 0.6) is 0 Å². The molecular formula is C20H12Cl2IN5O2. The molecule has 4 aromatic heterocycles. The van der Waals surface area contributed by atoms with Crippen molar-refractivity contribution in [2.75, 3.05) is 0 Å². The van der Waals surface area contributed by atoms with Crippen molar-refractivity contribution in [3.05, 3.63) is 97.2 Å². The first-order valence-corrected chi connectivity index (χ1v) is 10.4. The van der Waals surface area contributed by atoms with Crippen molar-refractivity contribution < 1.29 is 4.92 Å². The molecule has 30 heavy (non-hydrogen) atoms. The van der Waals surface area contributed by atoms with Gasteiger partial charge in [-0.05, 0) is 34.7 Å². The van der Waals surface area contributed by atoms with Crippen LogP contribution in [-0.4, -0.2) is 23.7 Å². The Kier molecular flexibility index (Phi) is 5.89. The summed E-state index contributed by atoms with van der Waals surface area (Å²) >= 11 is 13.9. The minimum Gasteiger partial charge on any atom is -0.300 e. The van der Waals surface area contributed by atoms with Crippen LogP contribution in [0.3, 0.4) is 0 Å². The maximum Gasteiger partial charge on any atom is 0.270 e. The topological polar surface area (TPSA) is 77.7 Å². The summed E-state index contributed by atoms with van der Waals surface area (Å²) in [6.07, 6.45) is 7.18. The summed E-state index contributed by atoms with van der Waals surface area (Å²) in [7, 11) is 0. The molecule has 150 valence electrons. The van der Waals surface area contributed by atoms with E-state index in [9.17, 15) is 10.1 Å². The van der Waals surface area contributed by atoms with Crippen LogP contribution in [0.4, 0.5) is 5.69 Å². The smallest absolute Gasteiger partial charge is 0.270 e. The van der Waals surface area contributed by atoms with E-state index in [0.29, 0.717) is 10.7 Å². The number of aromatic nitrogens is 4. The third kappa shape index (κ3) is 4.25. The van der Waals surface area contributed by atoms with Gasteiger partial charge in [0.2, 0.25) is 0 Å². The third-order valence-corrected chi connectivity index (χ3v) is 5.53. The number of hydrogen-bond acceptors (Lipinski definition) is 4. The molecule has 0 N–H and O–H groups in total. The SMILES string of the molecule is Clc1ccn2c(I)cnc2c1.O=[N+]([O-])c1cccc(-c2cnc3cc(Cl)ccn23)c1. The molecular weight excluding hydrogens is 540 g/mol. The second-order valence-electron chi connectivity index (χ2n) is 6.18. The molecule has 0 atom stereocenters. The van der Waals surface area contributed by atoms with Gasteiger partial charge in [-0.1, -0.05) is 35.3 Å². The Hall–Kier alpha value is -2.69. The Morgan fingerprint density at radius 2 is 1.53 bits per heavy atom. The highest BCUT2D eigenvalue weighted by molar-refractivity contribution is 14.1. The number of rotatable bonds is 2. The Bertz CT molecular complexity index is 1380. The van der Waals surface area contributed by atoms with E-state index in [0.717, 1.165) is 25.6 Å². The van der Waals surface area contributed by atoms with Crippen molar-refractivity contribution in [3.63, 3.8) is 0 Å². The summed E-state index contributed by atoms with van der Waals surface area (Å²) in [6.45, 7) is 0. The number of pyridine rings is 2. The van der Waals surface area contributed by atoms with E-state index in [4.69, 9.17) is 23.2 Å². The number of nitro groups is 1. The number of non-ortho nitro benzene ring substituents is 1. The van der Waals surface area contributed by atoms with Gasteiger partial charge in [0.25, 0.3) is 5.69 Å². The van der Waals surface area contributed by atoms with Gasteiger partial charge in [-0.25, -0.2) is 9.97 Å². The minimum absolute atomic E-state index is 0.0569. The number of halogens is 3. The van der Waals surface area contributed by atoms with Crippen LogP contribution in [0.1, 0.15) is 0 Å². The molecule has 5 rings (SSSR count). The van der Waals surface area contributed by atoms with Crippen molar-refractivity contribution in [1.29, 1.82) is 0 Å². The molecule has 10 heteroatoms. The maximum atomic E-state index is 10.8. The van der Waals surface area contributed by atoms with Crippen LogP contribution < -0.4 is 0 Å². The van der Waals surface area contributed by atoms with Crippen LogP contribution in [0, 0.1) is 13.8 Å². The van der Waals surface area contributed by atoms with E-state index >= 15 is 0 Å². The van der Waals surface area contributed by atoms with E-state index in [1.165, 1.54) is 12.1 Å². The highest BCUT2D eigenvalue weighted by Gasteiger charge is 2.10. The summed E-state index contributed by atoms with van der Waals surface area (Å²) < 4.78 is 4.91. The largest absolute Gasteiger partial charge is 0.300 e. The zero-order chi connectivity index (χ0) is 21.3. The van der Waals surface area contributed by atoms with Crippen LogP contribution in [0.25, 0.3) is 22.6 Å².